The molecule has 2 heterocycles. The number of fused-ring (bicyclic) bond motifs is 1. The van der Waals surface area contributed by atoms with Gasteiger partial charge in [0.2, 0.25) is 5.88 Å². The Morgan fingerprint density at radius 3 is 2.81 bits per heavy atom. The molecular formula is C15H12N2O3S. The predicted molar refractivity (Wildman–Crippen MR) is 80.6 cm³/mol. The fourth-order valence-electron chi connectivity index (χ4n) is 1.99. The predicted octanol–water partition coefficient (Wildman–Crippen LogP) is 3.61. The molecule has 0 fully saturated rings. The van der Waals surface area contributed by atoms with Crippen LogP contribution in [0.2, 0.25) is 0 Å². The van der Waals surface area contributed by atoms with Crippen molar-refractivity contribution in [1.82, 2.24) is 9.97 Å². The summed E-state index contributed by atoms with van der Waals surface area (Å²) in [5, 5.41) is 0.846. The normalized spacial score (nSPS) is 10.6. The van der Waals surface area contributed by atoms with E-state index in [4.69, 9.17) is 9.47 Å². The van der Waals surface area contributed by atoms with E-state index in [0.29, 0.717) is 22.9 Å². The molecule has 0 radical (unpaired) electrons. The minimum Gasteiger partial charge on any atom is -0.493 e. The molecule has 0 unspecified atom stereocenters. The van der Waals surface area contributed by atoms with Crippen LogP contribution >= 0.6 is 11.3 Å². The third-order valence-electron chi connectivity index (χ3n) is 2.95. The molecule has 0 amide bonds. The molecule has 6 heteroatoms. The Morgan fingerprint density at radius 1 is 1.19 bits per heavy atom. The summed E-state index contributed by atoms with van der Waals surface area (Å²) in [6.07, 6.45) is 2.22. The van der Waals surface area contributed by atoms with Crippen LogP contribution in [-0.4, -0.2) is 23.4 Å². The van der Waals surface area contributed by atoms with Gasteiger partial charge in [-0.15, -0.1) is 11.3 Å². The molecule has 0 bridgehead atoms. The number of nitrogens with zero attached hydrogens (tertiary/aromatic N) is 2. The Kier molecular flexibility index (Phi) is 3.53. The topological polar surface area (TPSA) is 61.3 Å². The smallest absolute Gasteiger partial charge is 0.231 e. The third-order valence-corrected chi connectivity index (χ3v) is 3.90. The highest BCUT2D eigenvalue weighted by molar-refractivity contribution is 7.18. The number of carbonyl (C=O) groups excluding carboxylic acids is 1. The Morgan fingerprint density at radius 2 is 2.05 bits per heavy atom. The van der Waals surface area contributed by atoms with Gasteiger partial charge < -0.3 is 9.47 Å². The van der Waals surface area contributed by atoms with Crippen molar-refractivity contribution >= 4 is 27.8 Å². The maximum Gasteiger partial charge on any atom is 0.231 e. The minimum absolute atomic E-state index is 0.450. The van der Waals surface area contributed by atoms with Gasteiger partial charge in [-0.1, -0.05) is 0 Å². The van der Waals surface area contributed by atoms with E-state index in [-0.39, 0.29) is 0 Å². The van der Waals surface area contributed by atoms with Crippen molar-refractivity contribution in [1.29, 1.82) is 0 Å². The summed E-state index contributed by atoms with van der Waals surface area (Å²) in [6.45, 7) is 2.00. The number of rotatable bonds is 4. The van der Waals surface area contributed by atoms with E-state index in [9.17, 15) is 4.79 Å². The lowest BCUT2D eigenvalue weighted by molar-refractivity contribution is 0.112. The maximum absolute atomic E-state index is 10.9. The van der Waals surface area contributed by atoms with Gasteiger partial charge in [0.25, 0.3) is 0 Å². The fourth-order valence-corrected chi connectivity index (χ4v) is 2.82. The zero-order valence-electron chi connectivity index (χ0n) is 11.5. The van der Waals surface area contributed by atoms with Crippen LogP contribution in [0, 0.1) is 6.92 Å². The van der Waals surface area contributed by atoms with Gasteiger partial charge in [-0.3, -0.25) is 4.79 Å². The Balaban J connectivity index is 2.07. The van der Waals surface area contributed by atoms with E-state index in [1.165, 1.54) is 6.33 Å². The molecule has 3 rings (SSSR count). The molecule has 0 aliphatic heterocycles. The first-order valence-corrected chi connectivity index (χ1v) is 7.05. The number of hydrogen-bond acceptors (Lipinski definition) is 6. The van der Waals surface area contributed by atoms with Gasteiger partial charge >= 0.3 is 0 Å². The van der Waals surface area contributed by atoms with Crippen LogP contribution in [0.3, 0.4) is 0 Å². The van der Waals surface area contributed by atoms with Gasteiger partial charge in [0.1, 0.15) is 17.4 Å². The summed E-state index contributed by atoms with van der Waals surface area (Å²) < 4.78 is 11.1. The number of thiophene rings is 1. The Hall–Kier alpha value is -2.47. The molecule has 0 saturated carbocycles. The molecule has 0 aliphatic carbocycles. The molecule has 0 saturated heterocycles. The van der Waals surface area contributed by atoms with E-state index in [0.717, 1.165) is 21.4 Å². The molecule has 0 atom stereocenters. The molecule has 21 heavy (non-hydrogen) atoms. The van der Waals surface area contributed by atoms with Gasteiger partial charge in [0.15, 0.2) is 11.5 Å². The first-order valence-electron chi connectivity index (χ1n) is 6.23. The number of aromatic nitrogens is 2. The molecule has 2 aromatic heterocycles. The summed E-state index contributed by atoms with van der Waals surface area (Å²) >= 11 is 1.58. The zero-order chi connectivity index (χ0) is 14.8. The number of methoxy groups -OCH3 is 1. The molecule has 3 aromatic rings. The molecule has 106 valence electrons. The van der Waals surface area contributed by atoms with E-state index in [1.807, 2.05) is 13.0 Å². The van der Waals surface area contributed by atoms with Crippen molar-refractivity contribution in [2.75, 3.05) is 7.11 Å². The van der Waals surface area contributed by atoms with Gasteiger partial charge in [-0.25, -0.2) is 9.97 Å². The number of carbonyl (C=O) groups is 1. The molecule has 5 nitrogen and oxygen atoms in total. The van der Waals surface area contributed by atoms with Crippen molar-refractivity contribution in [3.63, 3.8) is 0 Å². The van der Waals surface area contributed by atoms with Gasteiger partial charge in [-0.05, 0) is 31.2 Å². The fraction of sp³-hybridized carbons (Fsp3) is 0.133. The largest absolute Gasteiger partial charge is 0.493 e. The lowest BCUT2D eigenvalue weighted by atomic mass is 10.2. The highest BCUT2D eigenvalue weighted by Crippen LogP contribution is 2.35. The summed E-state index contributed by atoms with van der Waals surface area (Å²) in [7, 11) is 1.55. The maximum atomic E-state index is 10.9. The lowest BCUT2D eigenvalue weighted by Crippen LogP contribution is -1.94. The lowest BCUT2D eigenvalue weighted by Gasteiger charge is -2.10. The Bertz CT molecular complexity index is 814. The first kappa shape index (κ1) is 13.5. The number of aldehydes is 1. The standard InChI is InChI=1S/C15H12N2O3S/c1-9-5-11-14(16-8-17-15(11)21-9)20-13-6-10(7-18)3-4-12(13)19-2/h3-8H,1-2H3. The van der Waals surface area contributed by atoms with Crippen LogP contribution in [-0.2, 0) is 0 Å². The molecule has 0 N–H and O–H groups in total. The second-order valence-corrected chi connectivity index (χ2v) is 5.62. The number of ether oxygens (including phenoxy) is 2. The summed E-state index contributed by atoms with van der Waals surface area (Å²) in [4.78, 5) is 21.3. The van der Waals surface area contributed by atoms with E-state index >= 15 is 0 Å². The van der Waals surface area contributed by atoms with Gasteiger partial charge in [0.05, 0.1) is 12.5 Å². The quantitative estimate of drug-likeness (QED) is 0.689. The molecular weight excluding hydrogens is 288 g/mol. The summed E-state index contributed by atoms with van der Waals surface area (Å²) in [5.74, 6) is 1.44. The van der Waals surface area contributed by atoms with Crippen LogP contribution < -0.4 is 9.47 Å². The van der Waals surface area contributed by atoms with Crippen LogP contribution in [0.15, 0.2) is 30.6 Å². The molecule has 0 spiro atoms. The van der Waals surface area contributed by atoms with Crippen molar-refractivity contribution in [3.8, 4) is 17.4 Å². The zero-order valence-corrected chi connectivity index (χ0v) is 12.3. The second-order valence-electron chi connectivity index (χ2n) is 4.38. The van der Waals surface area contributed by atoms with E-state index < -0.39 is 0 Å². The van der Waals surface area contributed by atoms with Crippen molar-refractivity contribution in [2.24, 2.45) is 0 Å². The van der Waals surface area contributed by atoms with Crippen LogP contribution in [0.1, 0.15) is 15.2 Å². The minimum atomic E-state index is 0.450. The summed E-state index contributed by atoms with van der Waals surface area (Å²) in [5.41, 5.74) is 0.512. The molecule has 0 aliphatic rings. The first-order chi connectivity index (χ1) is 10.2. The van der Waals surface area contributed by atoms with Crippen LogP contribution in [0.25, 0.3) is 10.2 Å². The van der Waals surface area contributed by atoms with Crippen molar-refractivity contribution in [3.05, 3.63) is 41.0 Å². The average molecular weight is 300 g/mol. The van der Waals surface area contributed by atoms with E-state index in [2.05, 4.69) is 9.97 Å². The van der Waals surface area contributed by atoms with Crippen molar-refractivity contribution < 1.29 is 14.3 Å². The summed E-state index contributed by atoms with van der Waals surface area (Å²) in [6, 6.07) is 6.96. The second kappa shape index (κ2) is 5.49. The highest BCUT2D eigenvalue weighted by Gasteiger charge is 2.12. The monoisotopic (exact) mass is 300 g/mol. The van der Waals surface area contributed by atoms with Crippen LogP contribution in [0.5, 0.6) is 17.4 Å². The number of hydrogen-bond donors (Lipinski definition) is 0. The molecule has 1 aromatic carbocycles. The average Bonchev–Trinajstić information content (AvgIpc) is 2.88. The van der Waals surface area contributed by atoms with Crippen LogP contribution in [0.4, 0.5) is 0 Å². The van der Waals surface area contributed by atoms with Gasteiger partial charge in [-0.2, -0.15) is 0 Å². The highest BCUT2D eigenvalue weighted by atomic mass is 32.1. The van der Waals surface area contributed by atoms with E-state index in [1.54, 1.807) is 36.6 Å². The SMILES string of the molecule is COc1ccc(C=O)cc1Oc1ncnc2sc(C)cc12. The number of aryl methyl sites for hydroxylation is 1. The Labute approximate surface area is 125 Å². The van der Waals surface area contributed by atoms with Gasteiger partial charge in [0, 0.05) is 10.4 Å². The third kappa shape index (κ3) is 2.57. The number of benzene rings is 1. The van der Waals surface area contributed by atoms with Crippen molar-refractivity contribution in [2.45, 2.75) is 6.92 Å².